The van der Waals surface area contributed by atoms with Crippen molar-refractivity contribution in [2.24, 2.45) is 0 Å². The van der Waals surface area contributed by atoms with Gasteiger partial charge in [0.2, 0.25) is 0 Å². The van der Waals surface area contributed by atoms with E-state index in [1.807, 2.05) is 54.1 Å². The van der Waals surface area contributed by atoms with Gasteiger partial charge >= 0.3 is 0 Å². The molecule has 2 aromatic heterocycles. The number of carbonyl (C=O) groups excluding carboxylic acids is 1. The predicted molar refractivity (Wildman–Crippen MR) is 89.2 cm³/mol. The second-order valence-corrected chi connectivity index (χ2v) is 5.21. The van der Waals surface area contributed by atoms with Gasteiger partial charge in [-0.25, -0.2) is 4.98 Å². The van der Waals surface area contributed by atoms with Crippen LogP contribution in [-0.2, 0) is 13.0 Å². The van der Waals surface area contributed by atoms with Crippen LogP contribution in [0.1, 0.15) is 29.8 Å². The molecule has 0 bridgehead atoms. The molecule has 4 heteroatoms. The van der Waals surface area contributed by atoms with Crippen LogP contribution in [-0.4, -0.2) is 15.5 Å². The van der Waals surface area contributed by atoms with E-state index in [1.54, 1.807) is 6.20 Å². The SMILES string of the molecule is CCc1ccc(NC(=O)c2cn(CC)c3ncccc23)cc1. The van der Waals surface area contributed by atoms with E-state index in [-0.39, 0.29) is 5.91 Å². The molecule has 4 nitrogen and oxygen atoms in total. The lowest BCUT2D eigenvalue weighted by Crippen LogP contribution is -2.11. The van der Waals surface area contributed by atoms with E-state index in [1.165, 1.54) is 5.56 Å². The monoisotopic (exact) mass is 293 g/mol. The standard InChI is InChI=1S/C18H19N3O/c1-3-13-7-9-14(10-8-13)20-18(22)16-12-21(4-2)17-15(16)6-5-11-19-17/h5-12H,3-4H2,1-2H3,(H,20,22). The summed E-state index contributed by atoms with van der Waals surface area (Å²) in [6.07, 6.45) is 4.61. The molecule has 0 aliphatic heterocycles. The average Bonchev–Trinajstić information content (AvgIpc) is 2.94. The highest BCUT2D eigenvalue weighted by Crippen LogP contribution is 2.21. The summed E-state index contributed by atoms with van der Waals surface area (Å²) in [7, 11) is 0. The zero-order valence-corrected chi connectivity index (χ0v) is 12.8. The predicted octanol–water partition coefficient (Wildman–Crippen LogP) is 3.87. The fourth-order valence-corrected chi connectivity index (χ4v) is 2.57. The molecule has 0 radical (unpaired) electrons. The molecular formula is C18H19N3O. The Morgan fingerprint density at radius 3 is 2.64 bits per heavy atom. The van der Waals surface area contributed by atoms with E-state index in [0.717, 1.165) is 29.7 Å². The number of benzene rings is 1. The number of nitrogens with one attached hydrogen (secondary N) is 1. The molecule has 0 atom stereocenters. The first-order valence-electron chi connectivity index (χ1n) is 7.57. The van der Waals surface area contributed by atoms with Crippen LogP contribution < -0.4 is 5.32 Å². The quantitative estimate of drug-likeness (QED) is 0.793. The van der Waals surface area contributed by atoms with Crippen LogP contribution in [0.25, 0.3) is 11.0 Å². The third-order valence-corrected chi connectivity index (χ3v) is 3.84. The molecule has 0 fully saturated rings. The smallest absolute Gasteiger partial charge is 0.257 e. The Hall–Kier alpha value is -2.62. The molecule has 0 saturated carbocycles. The van der Waals surface area contributed by atoms with Gasteiger partial charge in [0.25, 0.3) is 5.91 Å². The van der Waals surface area contributed by atoms with Gasteiger partial charge in [-0.1, -0.05) is 19.1 Å². The molecule has 22 heavy (non-hydrogen) atoms. The fourth-order valence-electron chi connectivity index (χ4n) is 2.57. The first-order chi connectivity index (χ1) is 10.7. The van der Waals surface area contributed by atoms with Gasteiger partial charge in [-0.2, -0.15) is 0 Å². The number of hydrogen-bond donors (Lipinski definition) is 1. The van der Waals surface area contributed by atoms with Gasteiger partial charge in [0.1, 0.15) is 5.65 Å². The van der Waals surface area contributed by atoms with Crippen molar-refractivity contribution in [2.45, 2.75) is 26.8 Å². The van der Waals surface area contributed by atoms with Gasteiger partial charge in [-0.15, -0.1) is 0 Å². The van der Waals surface area contributed by atoms with Crippen molar-refractivity contribution in [3.8, 4) is 0 Å². The lowest BCUT2D eigenvalue weighted by molar-refractivity contribution is 0.102. The van der Waals surface area contributed by atoms with Gasteiger partial charge in [0.05, 0.1) is 5.56 Å². The Morgan fingerprint density at radius 2 is 1.95 bits per heavy atom. The van der Waals surface area contributed by atoms with E-state index in [4.69, 9.17) is 0 Å². The zero-order valence-electron chi connectivity index (χ0n) is 12.8. The van der Waals surface area contributed by atoms with Crippen LogP contribution in [0.4, 0.5) is 5.69 Å². The van der Waals surface area contributed by atoms with E-state index >= 15 is 0 Å². The second-order valence-electron chi connectivity index (χ2n) is 5.21. The number of amides is 1. The molecule has 3 rings (SSSR count). The molecule has 1 N–H and O–H groups in total. The summed E-state index contributed by atoms with van der Waals surface area (Å²) in [6, 6.07) is 11.7. The molecule has 3 aromatic rings. The van der Waals surface area contributed by atoms with Crippen LogP contribution >= 0.6 is 0 Å². The maximum absolute atomic E-state index is 12.6. The van der Waals surface area contributed by atoms with E-state index in [0.29, 0.717) is 5.56 Å². The maximum atomic E-state index is 12.6. The third-order valence-electron chi connectivity index (χ3n) is 3.84. The van der Waals surface area contributed by atoms with Crippen LogP contribution in [0, 0.1) is 0 Å². The average molecular weight is 293 g/mol. The first kappa shape index (κ1) is 14.3. The van der Waals surface area contributed by atoms with Gasteiger partial charge in [-0.3, -0.25) is 4.79 Å². The van der Waals surface area contributed by atoms with Crippen molar-refractivity contribution >= 4 is 22.6 Å². The molecule has 0 spiro atoms. The van der Waals surface area contributed by atoms with Crippen molar-refractivity contribution in [1.29, 1.82) is 0 Å². The number of hydrogen-bond acceptors (Lipinski definition) is 2. The van der Waals surface area contributed by atoms with Crippen molar-refractivity contribution < 1.29 is 4.79 Å². The van der Waals surface area contributed by atoms with Crippen molar-refractivity contribution in [2.75, 3.05) is 5.32 Å². The zero-order chi connectivity index (χ0) is 15.5. The fraction of sp³-hybridized carbons (Fsp3) is 0.222. The topological polar surface area (TPSA) is 46.9 Å². The number of rotatable bonds is 4. The number of aromatic nitrogens is 2. The highest BCUT2D eigenvalue weighted by atomic mass is 16.1. The lowest BCUT2D eigenvalue weighted by atomic mass is 10.1. The number of fused-ring (bicyclic) bond motifs is 1. The highest BCUT2D eigenvalue weighted by molar-refractivity contribution is 6.12. The normalized spacial score (nSPS) is 10.8. The summed E-state index contributed by atoms with van der Waals surface area (Å²) >= 11 is 0. The van der Waals surface area contributed by atoms with Gasteiger partial charge in [0.15, 0.2) is 0 Å². The van der Waals surface area contributed by atoms with E-state index in [2.05, 4.69) is 17.2 Å². The van der Waals surface area contributed by atoms with E-state index in [9.17, 15) is 4.79 Å². The second kappa shape index (κ2) is 6.02. The molecule has 0 unspecified atom stereocenters. The minimum absolute atomic E-state index is 0.102. The summed E-state index contributed by atoms with van der Waals surface area (Å²) < 4.78 is 1.99. The molecule has 1 aromatic carbocycles. The van der Waals surface area contributed by atoms with Gasteiger partial charge in [-0.05, 0) is 43.2 Å². The minimum Gasteiger partial charge on any atom is -0.332 e. The lowest BCUT2D eigenvalue weighted by Gasteiger charge is -2.05. The molecular weight excluding hydrogens is 274 g/mol. The van der Waals surface area contributed by atoms with Crippen LogP contribution in [0.3, 0.4) is 0 Å². The van der Waals surface area contributed by atoms with E-state index < -0.39 is 0 Å². The Bertz CT molecular complexity index is 803. The number of carbonyl (C=O) groups is 1. The summed E-state index contributed by atoms with van der Waals surface area (Å²) in [6.45, 7) is 4.94. The molecule has 0 aliphatic rings. The molecule has 112 valence electrons. The molecule has 2 heterocycles. The number of aryl methyl sites for hydroxylation is 2. The van der Waals surface area contributed by atoms with Crippen LogP contribution in [0.2, 0.25) is 0 Å². The maximum Gasteiger partial charge on any atom is 0.257 e. The Labute approximate surface area is 129 Å². The van der Waals surface area contributed by atoms with Crippen molar-refractivity contribution in [3.63, 3.8) is 0 Å². The molecule has 1 amide bonds. The number of pyridine rings is 1. The summed E-state index contributed by atoms with van der Waals surface area (Å²) in [5.41, 5.74) is 3.56. The van der Waals surface area contributed by atoms with Crippen molar-refractivity contribution in [1.82, 2.24) is 9.55 Å². The third kappa shape index (κ3) is 2.60. The Balaban J connectivity index is 1.91. The largest absolute Gasteiger partial charge is 0.332 e. The number of anilines is 1. The minimum atomic E-state index is -0.102. The van der Waals surface area contributed by atoms with Gasteiger partial charge in [0, 0.05) is 30.0 Å². The summed E-state index contributed by atoms with van der Waals surface area (Å²) in [5, 5.41) is 3.84. The molecule has 0 aliphatic carbocycles. The van der Waals surface area contributed by atoms with Crippen LogP contribution in [0.15, 0.2) is 48.8 Å². The Kier molecular flexibility index (Phi) is 3.92. The van der Waals surface area contributed by atoms with Crippen molar-refractivity contribution in [3.05, 3.63) is 59.9 Å². The number of nitrogens with zero attached hydrogens (tertiary/aromatic N) is 2. The highest BCUT2D eigenvalue weighted by Gasteiger charge is 2.15. The molecule has 0 saturated heterocycles. The summed E-state index contributed by atoms with van der Waals surface area (Å²) in [5.74, 6) is -0.102. The summed E-state index contributed by atoms with van der Waals surface area (Å²) in [4.78, 5) is 16.9. The van der Waals surface area contributed by atoms with Gasteiger partial charge < -0.3 is 9.88 Å². The first-order valence-corrected chi connectivity index (χ1v) is 7.57. The van der Waals surface area contributed by atoms with Crippen LogP contribution in [0.5, 0.6) is 0 Å². The Morgan fingerprint density at radius 1 is 1.18 bits per heavy atom.